The second-order valence-corrected chi connectivity index (χ2v) is 5.42. The molecular formula is C19H15N. The van der Waals surface area contributed by atoms with Crippen molar-refractivity contribution < 1.29 is 0 Å². The molecule has 2 aromatic carbocycles. The number of allylic oxidation sites excluding steroid dienone is 4. The van der Waals surface area contributed by atoms with Crippen molar-refractivity contribution in [2.75, 3.05) is 0 Å². The fourth-order valence-corrected chi connectivity index (χ4v) is 3.03. The van der Waals surface area contributed by atoms with Crippen LogP contribution in [0.5, 0.6) is 0 Å². The number of aromatic nitrogens is 1. The lowest BCUT2D eigenvalue weighted by atomic mass is 10.0. The van der Waals surface area contributed by atoms with E-state index in [1.165, 1.54) is 22.1 Å². The smallest absolute Gasteiger partial charge is 0.0631 e. The van der Waals surface area contributed by atoms with E-state index >= 15 is 0 Å². The number of para-hydroxylation sites is 1. The molecule has 1 atom stereocenters. The molecule has 0 spiro atoms. The lowest BCUT2D eigenvalue weighted by Crippen LogP contribution is -2.01. The quantitative estimate of drug-likeness (QED) is 0.588. The van der Waals surface area contributed by atoms with E-state index in [1.54, 1.807) is 0 Å². The minimum absolute atomic E-state index is 0.588. The van der Waals surface area contributed by atoms with E-state index < -0.39 is 0 Å². The van der Waals surface area contributed by atoms with E-state index in [-0.39, 0.29) is 0 Å². The van der Waals surface area contributed by atoms with E-state index in [0.717, 1.165) is 11.8 Å². The molecule has 1 unspecified atom stereocenters. The van der Waals surface area contributed by atoms with Crippen LogP contribution in [0.15, 0.2) is 54.6 Å². The molecule has 1 aromatic heterocycles. The normalized spacial score (nSPS) is 18.2. The van der Waals surface area contributed by atoms with E-state index in [0.29, 0.717) is 5.92 Å². The van der Waals surface area contributed by atoms with Gasteiger partial charge in [-0.25, -0.2) is 0 Å². The van der Waals surface area contributed by atoms with Crippen LogP contribution in [0.25, 0.3) is 27.5 Å². The fraction of sp³-hybridized carbons (Fsp3) is 0.158. The summed E-state index contributed by atoms with van der Waals surface area (Å²) in [5, 5.41) is 2.39. The summed E-state index contributed by atoms with van der Waals surface area (Å²) >= 11 is 0. The van der Waals surface area contributed by atoms with Crippen molar-refractivity contribution >= 4 is 27.5 Å². The number of rotatable bonds is 1. The predicted octanol–water partition coefficient (Wildman–Crippen LogP) is 4.83. The van der Waals surface area contributed by atoms with Crippen molar-refractivity contribution in [1.29, 1.82) is 0 Å². The summed E-state index contributed by atoms with van der Waals surface area (Å²) in [4.78, 5) is 0. The molecule has 20 heavy (non-hydrogen) atoms. The number of hydrogen-bond acceptors (Lipinski definition) is 0. The lowest BCUT2D eigenvalue weighted by Gasteiger charge is -2.15. The average Bonchev–Trinajstić information content (AvgIpc) is 2.82. The molecule has 0 bridgehead atoms. The predicted molar refractivity (Wildman–Crippen MR) is 84.3 cm³/mol. The SMILES string of the molecule is CC1C=C(n2c3ccc#cc3c3ccccc32)C=CC1. The van der Waals surface area contributed by atoms with Gasteiger partial charge in [0, 0.05) is 11.1 Å². The molecule has 1 heterocycles. The maximum absolute atomic E-state index is 3.27. The molecule has 0 saturated carbocycles. The highest BCUT2D eigenvalue weighted by Gasteiger charge is 2.13. The monoisotopic (exact) mass is 257 g/mol. The van der Waals surface area contributed by atoms with Crippen molar-refractivity contribution in [3.8, 4) is 0 Å². The zero-order valence-corrected chi connectivity index (χ0v) is 11.4. The zero-order valence-electron chi connectivity index (χ0n) is 11.4. The maximum atomic E-state index is 3.27. The molecule has 0 saturated heterocycles. The van der Waals surface area contributed by atoms with Gasteiger partial charge in [-0.15, -0.1) is 0 Å². The molecule has 0 fully saturated rings. The molecule has 1 nitrogen and oxygen atoms in total. The second-order valence-electron chi connectivity index (χ2n) is 5.42. The van der Waals surface area contributed by atoms with Gasteiger partial charge >= 0.3 is 0 Å². The molecule has 1 heteroatoms. The third-order valence-corrected chi connectivity index (χ3v) is 3.94. The van der Waals surface area contributed by atoms with Gasteiger partial charge in [-0.1, -0.05) is 49.4 Å². The van der Waals surface area contributed by atoms with Crippen molar-refractivity contribution in [2.45, 2.75) is 13.3 Å². The average molecular weight is 257 g/mol. The maximum Gasteiger partial charge on any atom is 0.0631 e. The van der Waals surface area contributed by atoms with Gasteiger partial charge in [0.25, 0.3) is 0 Å². The number of benzene rings is 1. The highest BCUT2D eigenvalue weighted by atomic mass is 15.0. The van der Waals surface area contributed by atoms with Gasteiger partial charge in [0.15, 0.2) is 0 Å². The Balaban J connectivity index is 2.13. The van der Waals surface area contributed by atoms with Gasteiger partial charge in [-0.2, -0.15) is 0 Å². The van der Waals surface area contributed by atoms with Gasteiger partial charge in [0.2, 0.25) is 0 Å². The van der Waals surface area contributed by atoms with Crippen LogP contribution < -0.4 is 0 Å². The van der Waals surface area contributed by atoms with Crippen LogP contribution in [0.4, 0.5) is 0 Å². The number of hydrogen-bond donors (Lipinski definition) is 0. The molecule has 1 aliphatic rings. The van der Waals surface area contributed by atoms with Crippen LogP contribution in [0.3, 0.4) is 0 Å². The Morgan fingerprint density at radius 3 is 2.95 bits per heavy atom. The van der Waals surface area contributed by atoms with Crippen molar-refractivity contribution in [1.82, 2.24) is 4.57 Å². The van der Waals surface area contributed by atoms with Gasteiger partial charge in [-0.3, -0.25) is 0 Å². The minimum atomic E-state index is 0.588. The molecule has 0 aliphatic heterocycles. The van der Waals surface area contributed by atoms with Crippen LogP contribution in [0.2, 0.25) is 0 Å². The van der Waals surface area contributed by atoms with Crippen LogP contribution in [-0.4, -0.2) is 4.57 Å². The van der Waals surface area contributed by atoms with Crippen LogP contribution in [-0.2, 0) is 0 Å². The van der Waals surface area contributed by atoms with E-state index in [2.05, 4.69) is 72.2 Å². The van der Waals surface area contributed by atoms with Gasteiger partial charge in [0.1, 0.15) is 0 Å². The Morgan fingerprint density at radius 2 is 2.05 bits per heavy atom. The zero-order chi connectivity index (χ0) is 13.5. The van der Waals surface area contributed by atoms with Crippen molar-refractivity contribution in [2.24, 2.45) is 5.92 Å². The highest BCUT2D eigenvalue weighted by molar-refractivity contribution is 6.09. The summed E-state index contributed by atoms with van der Waals surface area (Å²) < 4.78 is 2.33. The van der Waals surface area contributed by atoms with Crippen LogP contribution in [0.1, 0.15) is 13.3 Å². The summed E-state index contributed by atoms with van der Waals surface area (Å²) in [5.41, 5.74) is 3.70. The summed E-state index contributed by atoms with van der Waals surface area (Å²) in [6.45, 7) is 2.26. The molecular weight excluding hydrogens is 242 g/mol. The molecule has 96 valence electrons. The summed E-state index contributed by atoms with van der Waals surface area (Å²) in [6, 6.07) is 18.9. The Kier molecular flexibility index (Phi) is 2.44. The van der Waals surface area contributed by atoms with Crippen molar-refractivity contribution in [3.05, 3.63) is 66.8 Å². The molecule has 0 N–H and O–H groups in total. The van der Waals surface area contributed by atoms with E-state index in [4.69, 9.17) is 0 Å². The topological polar surface area (TPSA) is 4.93 Å². The Bertz CT molecular complexity index is 795. The second kappa shape index (κ2) is 4.28. The molecule has 0 amide bonds. The highest BCUT2D eigenvalue weighted by Crippen LogP contribution is 2.32. The van der Waals surface area contributed by atoms with E-state index in [1.807, 2.05) is 6.07 Å². The fourth-order valence-electron chi connectivity index (χ4n) is 3.03. The molecule has 0 radical (unpaired) electrons. The number of fused-ring (bicyclic) bond motifs is 3. The van der Waals surface area contributed by atoms with Crippen molar-refractivity contribution in [3.63, 3.8) is 0 Å². The van der Waals surface area contributed by atoms with Gasteiger partial charge in [-0.05, 0) is 36.6 Å². The molecule has 3 aromatic rings. The Hall–Kier alpha value is -2.46. The largest absolute Gasteiger partial charge is 0.309 e. The standard InChI is InChI=1S/C19H15N/c1-14-7-6-8-15(13-14)20-18-11-4-2-9-16(18)17-10-3-5-12-19(17)20/h2,4-6,8-9,11-14H,7H2,1H3. The minimum Gasteiger partial charge on any atom is -0.309 e. The summed E-state index contributed by atoms with van der Waals surface area (Å²) in [5.74, 6) is 0.588. The first-order chi connectivity index (χ1) is 9.84. The third kappa shape index (κ3) is 1.58. The first kappa shape index (κ1) is 11.4. The van der Waals surface area contributed by atoms with Crippen LogP contribution in [0, 0.1) is 18.1 Å². The summed E-state index contributed by atoms with van der Waals surface area (Å²) in [7, 11) is 0. The summed E-state index contributed by atoms with van der Waals surface area (Å²) in [6.07, 6.45) is 7.96. The lowest BCUT2D eigenvalue weighted by molar-refractivity contribution is 0.735. The first-order valence-corrected chi connectivity index (χ1v) is 7.05. The van der Waals surface area contributed by atoms with Crippen LogP contribution >= 0.6 is 0 Å². The first-order valence-electron chi connectivity index (χ1n) is 7.05. The van der Waals surface area contributed by atoms with Gasteiger partial charge < -0.3 is 4.57 Å². The van der Waals surface area contributed by atoms with Gasteiger partial charge in [0.05, 0.1) is 16.4 Å². The third-order valence-electron chi connectivity index (χ3n) is 3.94. The van der Waals surface area contributed by atoms with E-state index in [9.17, 15) is 0 Å². The molecule has 4 rings (SSSR count). The molecule has 1 aliphatic carbocycles. The Morgan fingerprint density at radius 1 is 1.15 bits per heavy atom. The Labute approximate surface area is 118 Å². The number of nitrogens with zero attached hydrogens (tertiary/aromatic N) is 1.